The van der Waals surface area contributed by atoms with Crippen LogP contribution >= 0.6 is 0 Å². The van der Waals surface area contributed by atoms with E-state index in [1.165, 1.54) is 6.07 Å². The predicted octanol–water partition coefficient (Wildman–Crippen LogP) is 1.96. The summed E-state index contributed by atoms with van der Waals surface area (Å²) in [5.74, 6) is 0.262. The molecule has 4 nitrogen and oxygen atoms in total. The quantitative estimate of drug-likeness (QED) is 0.470. The number of aliphatic imine (C=N–C) groups is 1. The normalized spacial score (nSPS) is 11.7. The van der Waals surface area contributed by atoms with Gasteiger partial charge >= 0.3 is 0 Å². The second-order valence-electron chi connectivity index (χ2n) is 4.79. The number of rotatable bonds is 6. The Hall–Kier alpha value is -1.78. The second kappa shape index (κ2) is 7.61. The van der Waals surface area contributed by atoms with Crippen LogP contribution in [0.1, 0.15) is 20.3 Å². The number of hydrogen-bond acceptors (Lipinski definition) is 2. The van der Waals surface area contributed by atoms with Crippen molar-refractivity contribution in [1.82, 2.24) is 5.32 Å². The lowest BCUT2D eigenvalue weighted by Gasteiger charge is -2.19. The lowest BCUT2D eigenvalue weighted by Crippen LogP contribution is -2.36. The highest BCUT2D eigenvalue weighted by molar-refractivity contribution is 5.78. The zero-order valence-corrected chi connectivity index (χ0v) is 11.9. The van der Waals surface area contributed by atoms with Gasteiger partial charge in [0.25, 0.3) is 0 Å². The van der Waals surface area contributed by atoms with Crippen molar-refractivity contribution in [1.29, 1.82) is 0 Å². The molecule has 1 aromatic rings. The molecule has 0 atom stereocenters. The lowest BCUT2D eigenvalue weighted by molar-refractivity contribution is 0.620. The smallest absolute Gasteiger partial charge is 0.188 e. The summed E-state index contributed by atoms with van der Waals surface area (Å²) in [6.45, 7) is 5.38. The first kappa shape index (κ1) is 15.3. The maximum atomic E-state index is 13.5. The van der Waals surface area contributed by atoms with Crippen LogP contribution in [0, 0.1) is 5.82 Å². The summed E-state index contributed by atoms with van der Waals surface area (Å²) < 4.78 is 13.5. The summed E-state index contributed by atoms with van der Waals surface area (Å²) in [7, 11) is 1.87. The van der Waals surface area contributed by atoms with Crippen LogP contribution in [0.2, 0.25) is 0 Å². The van der Waals surface area contributed by atoms with Crippen LogP contribution in [0.3, 0.4) is 0 Å². The second-order valence-corrected chi connectivity index (χ2v) is 4.79. The van der Waals surface area contributed by atoms with Crippen LogP contribution in [-0.2, 0) is 0 Å². The molecule has 5 heteroatoms. The van der Waals surface area contributed by atoms with Gasteiger partial charge in [-0.2, -0.15) is 0 Å². The van der Waals surface area contributed by atoms with E-state index in [0.29, 0.717) is 18.2 Å². The van der Waals surface area contributed by atoms with Gasteiger partial charge in [-0.1, -0.05) is 12.1 Å². The zero-order chi connectivity index (χ0) is 14.3. The topological polar surface area (TPSA) is 53.6 Å². The maximum absolute atomic E-state index is 13.5. The monoisotopic (exact) mass is 266 g/mol. The van der Waals surface area contributed by atoms with Crippen molar-refractivity contribution in [2.45, 2.75) is 26.3 Å². The third-order valence-electron chi connectivity index (χ3n) is 2.63. The largest absolute Gasteiger partial charge is 0.372 e. The van der Waals surface area contributed by atoms with Crippen LogP contribution in [0.15, 0.2) is 29.3 Å². The number of nitrogens with two attached hydrogens (primary N) is 1. The van der Waals surface area contributed by atoms with Gasteiger partial charge < -0.3 is 16.0 Å². The van der Waals surface area contributed by atoms with Gasteiger partial charge in [0.1, 0.15) is 5.82 Å². The van der Waals surface area contributed by atoms with Crippen molar-refractivity contribution in [2.24, 2.45) is 10.7 Å². The van der Waals surface area contributed by atoms with E-state index in [0.717, 1.165) is 13.0 Å². The highest BCUT2D eigenvalue weighted by Gasteiger charge is 2.05. The minimum absolute atomic E-state index is 0.200. The molecule has 0 amide bonds. The van der Waals surface area contributed by atoms with Crippen molar-refractivity contribution in [3.8, 4) is 0 Å². The number of halogens is 1. The van der Waals surface area contributed by atoms with Crippen molar-refractivity contribution in [2.75, 3.05) is 25.0 Å². The molecule has 0 radical (unpaired) electrons. The van der Waals surface area contributed by atoms with Crippen LogP contribution in [0.25, 0.3) is 0 Å². The van der Waals surface area contributed by atoms with Gasteiger partial charge in [0.05, 0.1) is 5.69 Å². The molecule has 0 spiro atoms. The molecule has 0 aliphatic rings. The predicted molar refractivity (Wildman–Crippen MR) is 79.0 cm³/mol. The SMILES string of the molecule is CC(C)NC(N)=NCCCN(C)c1ccccc1F. The molecule has 3 N–H and O–H groups in total. The molecule has 0 aliphatic carbocycles. The van der Waals surface area contributed by atoms with Gasteiger partial charge in [0, 0.05) is 26.2 Å². The molecule has 1 aromatic carbocycles. The molecular formula is C14H23FN4. The van der Waals surface area contributed by atoms with Crippen molar-refractivity contribution >= 4 is 11.6 Å². The fraction of sp³-hybridized carbons (Fsp3) is 0.500. The van der Waals surface area contributed by atoms with Crippen molar-refractivity contribution in [3.05, 3.63) is 30.1 Å². The summed E-state index contributed by atoms with van der Waals surface area (Å²) >= 11 is 0. The fourth-order valence-electron chi connectivity index (χ4n) is 1.73. The third-order valence-corrected chi connectivity index (χ3v) is 2.63. The molecule has 0 fully saturated rings. The summed E-state index contributed by atoms with van der Waals surface area (Å²) in [4.78, 5) is 6.10. The van der Waals surface area contributed by atoms with Gasteiger partial charge in [-0.05, 0) is 32.4 Å². The highest BCUT2D eigenvalue weighted by atomic mass is 19.1. The van der Waals surface area contributed by atoms with E-state index in [-0.39, 0.29) is 11.9 Å². The highest BCUT2D eigenvalue weighted by Crippen LogP contribution is 2.16. The van der Waals surface area contributed by atoms with Gasteiger partial charge in [-0.25, -0.2) is 4.39 Å². The number of para-hydroxylation sites is 1. The Morgan fingerprint density at radius 1 is 1.42 bits per heavy atom. The van der Waals surface area contributed by atoms with Crippen molar-refractivity contribution < 1.29 is 4.39 Å². The Balaban J connectivity index is 2.36. The van der Waals surface area contributed by atoms with Crippen LogP contribution in [-0.4, -0.2) is 32.1 Å². The van der Waals surface area contributed by atoms with E-state index in [9.17, 15) is 4.39 Å². The Bertz CT molecular complexity index is 418. The standard InChI is InChI=1S/C14H23FN4/c1-11(2)18-14(16)17-9-6-10-19(3)13-8-5-4-7-12(13)15/h4-5,7-8,11H,6,9-10H2,1-3H3,(H3,16,17,18). The number of nitrogens with one attached hydrogen (secondary N) is 1. The molecule has 0 saturated heterocycles. The first-order valence-electron chi connectivity index (χ1n) is 6.53. The summed E-state index contributed by atoms with van der Waals surface area (Å²) in [5, 5.41) is 3.03. The number of hydrogen-bond donors (Lipinski definition) is 2. The average molecular weight is 266 g/mol. The fourth-order valence-corrected chi connectivity index (χ4v) is 1.73. The van der Waals surface area contributed by atoms with E-state index in [4.69, 9.17) is 5.73 Å². The lowest BCUT2D eigenvalue weighted by atomic mass is 10.2. The maximum Gasteiger partial charge on any atom is 0.188 e. The van der Waals surface area contributed by atoms with Gasteiger partial charge in [-0.15, -0.1) is 0 Å². The molecule has 0 aromatic heterocycles. The first-order chi connectivity index (χ1) is 9.00. The molecule has 19 heavy (non-hydrogen) atoms. The molecule has 0 aliphatic heterocycles. The molecule has 0 saturated carbocycles. The van der Waals surface area contributed by atoms with E-state index in [1.807, 2.05) is 31.9 Å². The summed E-state index contributed by atoms with van der Waals surface area (Å²) in [6.07, 6.45) is 0.825. The molecule has 0 unspecified atom stereocenters. The number of anilines is 1. The Kier molecular flexibility index (Phi) is 6.12. The number of benzene rings is 1. The van der Waals surface area contributed by atoms with E-state index < -0.39 is 0 Å². The van der Waals surface area contributed by atoms with Gasteiger partial charge in [0.15, 0.2) is 5.96 Å². The number of nitrogens with zero attached hydrogens (tertiary/aromatic N) is 2. The number of guanidine groups is 1. The van der Waals surface area contributed by atoms with E-state index in [2.05, 4.69) is 10.3 Å². The average Bonchev–Trinajstić information content (AvgIpc) is 2.34. The van der Waals surface area contributed by atoms with Gasteiger partial charge in [0.2, 0.25) is 0 Å². The molecular weight excluding hydrogens is 243 g/mol. The Labute approximate surface area is 114 Å². The van der Waals surface area contributed by atoms with Crippen LogP contribution < -0.4 is 16.0 Å². The zero-order valence-electron chi connectivity index (χ0n) is 11.9. The molecule has 106 valence electrons. The van der Waals surface area contributed by atoms with Crippen molar-refractivity contribution in [3.63, 3.8) is 0 Å². The first-order valence-corrected chi connectivity index (χ1v) is 6.53. The summed E-state index contributed by atoms with van der Waals surface area (Å²) in [5.41, 5.74) is 6.30. The summed E-state index contributed by atoms with van der Waals surface area (Å²) in [6, 6.07) is 7.04. The van der Waals surface area contributed by atoms with Crippen LogP contribution in [0.5, 0.6) is 0 Å². The van der Waals surface area contributed by atoms with Gasteiger partial charge in [-0.3, -0.25) is 4.99 Å². The third kappa shape index (κ3) is 5.59. The molecule has 1 rings (SSSR count). The molecule has 0 bridgehead atoms. The molecule has 0 heterocycles. The minimum Gasteiger partial charge on any atom is -0.372 e. The van der Waals surface area contributed by atoms with E-state index >= 15 is 0 Å². The minimum atomic E-state index is -0.200. The Morgan fingerprint density at radius 2 is 2.11 bits per heavy atom. The Morgan fingerprint density at radius 3 is 2.74 bits per heavy atom. The van der Waals surface area contributed by atoms with E-state index in [1.54, 1.807) is 12.1 Å². The van der Waals surface area contributed by atoms with Crippen LogP contribution in [0.4, 0.5) is 10.1 Å².